The highest BCUT2D eigenvalue weighted by Gasteiger charge is 2.26. The summed E-state index contributed by atoms with van der Waals surface area (Å²) in [6.45, 7) is 2.06. The summed E-state index contributed by atoms with van der Waals surface area (Å²) in [6.07, 6.45) is 2.60. The third kappa shape index (κ3) is 1.58. The van der Waals surface area contributed by atoms with Crippen LogP contribution in [0.25, 0.3) is 0 Å². The molecule has 72 valence electrons. The molecule has 0 atom stereocenters. The second-order valence-corrected chi connectivity index (χ2v) is 3.96. The number of nitriles is 1. The highest BCUT2D eigenvalue weighted by Crippen LogP contribution is 2.32. The van der Waals surface area contributed by atoms with Gasteiger partial charge in [0.1, 0.15) is 0 Å². The van der Waals surface area contributed by atoms with Crippen molar-refractivity contribution in [2.45, 2.75) is 25.8 Å². The Kier molecular flexibility index (Phi) is 2.17. The van der Waals surface area contributed by atoms with E-state index in [-0.39, 0.29) is 0 Å². The standard InChI is InChI=1S/C12H14N2/c1-9-7-10(8-13)3-6-12(9)14(2)11-4-5-11/h3,6-7,11H,4-5H2,1-2H3. The van der Waals surface area contributed by atoms with E-state index in [1.807, 2.05) is 18.2 Å². The molecule has 1 aliphatic carbocycles. The molecule has 0 bridgehead atoms. The van der Waals surface area contributed by atoms with Crippen molar-refractivity contribution in [2.24, 2.45) is 0 Å². The summed E-state index contributed by atoms with van der Waals surface area (Å²) in [6, 6.07) is 8.77. The van der Waals surface area contributed by atoms with Crippen LogP contribution in [0, 0.1) is 18.3 Å². The van der Waals surface area contributed by atoms with E-state index in [0.717, 1.165) is 11.6 Å². The molecule has 0 radical (unpaired) electrons. The fraction of sp³-hybridized carbons (Fsp3) is 0.417. The highest BCUT2D eigenvalue weighted by atomic mass is 15.2. The maximum absolute atomic E-state index is 8.75. The van der Waals surface area contributed by atoms with Crippen LogP contribution in [-0.4, -0.2) is 13.1 Å². The molecule has 0 aromatic heterocycles. The van der Waals surface area contributed by atoms with E-state index in [2.05, 4.69) is 24.9 Å². The van der Waals surface area contributed by atoms with Crippen LogP contribution in [0.5, 0.6) is 0 Å². The Balaban J connectivity index is 2.30. The van der Waals surface area contributed by atoms with Crippen molar-refractivity contribution in [3.05, 3.63) is 29.3 Å². The molecule has 0 N–H and O–H groups in total. The maximum Gasteiger partial charge on any atom is 0.0991 e. The minimum atomic E-state index is 0.724. The average molecular weight is 186 g/mol. The minimum absolute atomic E-state index is 0.724. The van der Waals surface area contributed by atoms with Crippen molar-refractivity contribution in [3.8, 4) is 6.07 Å². The summed E-state index contributed by atoms with van der Waals surface area (Å²) in [7, 11) is 2.13. The number of rotatable bonds is 2. The van der Waals surface area contributed by atoms with Gasteiger partial charge in [-0.3, -0.25) is 0 Å². The topological polar surface area (TPSA) is 27.0 Å². The first-order valence-electron chi connectivity index (χ1n) is 4.96. The van der Waals surface area contributed by atoms with Crippen molar-refractivity contribution in [2.75, 3.05) is 11.9 Å². The predicted octanol–water partition coefficient (Wildman–Crippen LogP) is 2.47. The Bertz CT molecular complexity index is 386. The molecule has 0 saturated heterocycles. The molecule has 1 aliphatic rings. The Morgan fingerprint density at radius 1 is 1.43 bits per heavy atom. The SMILES string of the molecule is Cc1cc(C#N)ccc1N(C)C1CC1. The van der Waals surface area contributed by atoms with Gasteiger partial charge in [-0.15, -0.1) is 0 Å². The number of hydrogen-bond donors (Lipinski definition) is 0. The molecular weight excluding hydrogens is 172 g/mol. The van der Waals surface area contributed by atoms with Crippen molar-refractivity contribution in [3.63, 3.8) is 0 Å². The van der Waals surface area contributed by atoms with Gasteiger partial charge in [0.25, 0.3) is 0 Å². The van der Waals surface area contributed by atoms with E-state index in [0.29, 0.717) is 0 Å². The summed E-state index contributed by atoms with van der Waals surface area (Å²) >= 11 is 0. The Morgan fingerprint density at radius 3 is 2.64 bits per heavy atom. The Labute approximate surface area is 84.8 Å². The summed E-state index contributed by atoms with van der Waals surface area (Å²) < 4.78 is 0. The molecule has 2 heteroatoms. The minimum Gasteiger partial charge on any atom is -0.371 e. The van der Waals surface area contributed by atoms with Gasteiger partial charge in [0.2, 0.25) is 0 Å². The van der Waals surface area contributed by atoms with Crippen molar-refractivity contribution in [1.29, 1.82) is 5.26 Å². The zero-order chi connectivity index (χ0) is 10.1. The first kappa shape index (κ1) is 9.08. The number of aryl methyl sites for hydroxylation is 1. The van der Waals surface area contributed by atoms with Crippen LogP contribution in [-0.2, 0) is 0 Å². The highest BCUT2D eigenvalue weighted by molar-refractivity contribution is 5.56. The van der Waals surface area contributed by atoms with Gasteiger partial charge in [-0.25, -0.2) is 0 Å². The van der Waals surface area contributed by atoms with Gasteiger partial charge in [0, 0.05) is 18.8 Å². The lowest BCUT2D eigenvalue weighted by atomic mass is 10.1. The van der Waals surface area contributed by atoms with Gasteiger partial charge >= 0.3 is 0 Å². The van der Waals surface area contributed by atoms with Gasteiger partial charge in [-0.05, 0) is 43.5 Å². The maximum atomic E-state index is 8.75. The van der Waals surface area contributed by atoms with Crippen LogP contribution in [0.1, 0.15) is 24.0 Å². The van der Waals surface area contributed by atoms with Crippen molar-refractivity contribution >= 4 is 5.69 Å². The van der Waals surface area contributed by atoms with E-state index < -0.39 is 0 Å². The quantitative estimate of drug-likeness (QED) is 0.709. The third-order valence-corrected chi connectivity index (χ3v) is 2.80. The van der Waals surface area contributed by atoms with E-state index >= 15 is 0 Å². The van der Waals surface area contributed by atoms with Gasteiger partial charge in [-0.2, -0.15) is 5.26 Å². The van der Waals surface area contributed by atoms with E-state index in [9.17, 15) is 0 Å². The molecule has 0 unspecified atom stereocenters. The molecule has 2 rings (SSSR count). The number of hydrogen-bond acceptors (Lipinski definition) is 2. The third-order valence-electron chi connectivity index (χ3n) is 2.80. The number of anilines is 1. The van der Waals surface area contributed by atoms with Crippen LogP contribution in [0.4, 0.5) is 5.69 Å². The number of nitrogens with zero attached hydrogens (tertiary/aromatic N) is 2. The molecule has 0 heterocycles. The molecule has 1 aromatic carbocycles. The smallest absolute Gasteiger partial charge is 0.0991 e. The summed E-state index contributed by atoms with van der Waals surface area (Å²) in [4.78, 5) is 2.32. The zero-order valence-corrected chi connectivity index (χ0v) is 8.62. The molecule has 0 aliphatic heterocycles. The molecule has 0 amide bonds. The molecule has 2 nitrogen and oxygen atoms in total. The summed E-state index contributed by atoms with van der Waals surface area (Å²) in [5.74, 6) is 0. The van der Waals surface area contributed by atoms with Crippen LogP contribution in [0.15, 0.2) is 18.2 Å². The van der Waals surface area contributed by atoms with Crippen LogP contribution in [0.2, 0.25) is 0 Å². The van der Waals surface area contributed by atoms with Crippen molar-refractivity contribution < 1.29 is 0 Å². The monoisotopic (exact) mass is 186 g/mol. The number of benzene rings is 1. The second kappa shape index (κ2) is 3.34. The fourth-order valence-electron chi connectivity index (χ4n) is 1.78. The average Bonchev–Trinajstić information content (AvgIpc) is 3.00. The fourth-order valence-corrected chi connectivity index (χ4v) is 1.78. The van der Waals surface area contributed by atoms with E-state index in [4.69, 9.17) is 5.26 Å². The Hall–Kier alpha value is -1.49. The van der Waals surface area contributed by atoms with Gasteiger partial charge in [-0.1, -0.05) is 0 Å². The lowest BCUT2D eigenvalue weighted by Gasteiger charge is -2.20. The molecule has 1 aromatic rings. The Morgan fingerprint density at radius 2 is 2.14 bits per heavy atom. The summed E-state index contributed by atoms with van der Waals surface area (Å²) in [5, 5.41) is 8.75. The van der Waals surface area contributed by atoms with Gasteiger partial charge in [0.05, 0.1) is 11.6 Å². The van der Waals surface area contributed by atoms with E-state index in [1.165, 1.54) is 24.1 Å². The summed E-state index contributed by atoms with van der Waals surface area (Å²) in [5.41, 5.74) is 3.19. The largest absolute Gasteiger partial charge is 0.371 e. The molecule has 1 fully saturated rings. The molecular formula is C12H14N2. The van der Waals surface area contributed by atoms with Crippen LogP contribution < -0.4 is 4.90 Å². The lowest BCUT2D eigenvalue weighted by Crippen LogP contribution is -2.20. The first-order chi connectivity index (χ1) is 6.72. The normalized spacial score (nSPS) is 14.9. The molecule has 0 spiro atoms. The predicted molar refractivity (Wildman–Crippen MR) is 57.3 cm³/mol. The van der Waals surface area contributed by atoms with Gasteiger partial charge in [0.15, 0.2) is 0 Å². The van der Waals surface area contributed by atoms with Crippen LogP contribution in [0.3, 0.4) is 0 Å². The first-order valence-corrected chi connectivity index (χ1v) is 4.96. The molecule has 14 heavy (non-hydrogen) atoms. The molecule has 1 saturated carbocycles. The zero-order valence-electron chi connectivity index (χ0n) is 8.62. The second-order valence-electron chi connectivity index (χ2n) is 3.96. The van der Waals surface area contributed by atoms with Crippen LogP contribution >= 0.6 is 0 Å². The lowest BCUT2D eigenvalue weighted by molar-refractivity contribution is 0.911. The van der Waals surface area contributed by atoms with E-state index in [1.54, 1.807) is 0 Å². The van der Waals surface area contributed by atoms with Gasteiger partial charge < -0.3 is 4.90 Å². The van der Waals surface area contributed by atoms with Crippen molar-refractivity contribution in [1.82, 2.24) is 0 Å².